The van der Waals surface area contributed by atoms with E-state index in [4.69, 9.17) is 0 Å². The number of anilines is 1. The second-order valence-corrected chi connectivity index (χ2v) is 7.88. The smallest absolute Gasteiger partial charge is 0.271 e. The highest BCUT2D eigenvalue weighted by atomic mass is 16.2. The number of benzene rings is 1. The topological polar surface area (TPSA) is 57.1 Å². The molecule has 144 valence electrons. The highest BCUT2D eigenvalue weighted by Gasteiger charge is 2.33. The Morgan fingerprint density at radius 1 is 1.15 bits per heavy atom. The molecule has 1 saturated heterocycles. The first-order chi connectivity index (χ1) is 13.1. The van der Waals surface area contributed by atoms with Crippen LogP contribution in [0.5, 0.6) is 0 Å². The van der Waals surface area contributed by atoms with Crippen LogP contribution in [0.2, 0.25) is 0 Å². The summed E-state index contributed by atoms with van der Waals surface area (Å²) < 4.78 is 0. The first-order valence-corrected chi connectivity index (χ1v) is 10.1. The summed E-state index contributed by atoms with van der Waals surface area (Å²) in [5, 5.41) is 1.52. The number of carbonyl (C=O) groups is 2. The Morgan fingerprint density at radius 2 is 1.85 bits per heavy atom. The molecule has 1 aromatic rings. The lowest BCUT2D eigenvalue weighted by Gasteiger charge is -2.37. The van der Waals surface area contributed by atoms with Gasteiger partial charge in [-0.2, -0.15) is 0 Å². The fourth-order valence-corrected chi connectivity index (χ4v) is 4.56. The molecule has 0 radical (unpaired) electrons. The molecular formula is C21H29N4O2+. The summed E-state index contributed by atoms with van der Waals surface area (Å²) in [5.41, 5.74) is 5.39. The standard InChI is InChI=1S/C21H28N4O2/c1-16-6-2-5-9-19(16)25-20(26)11-10-18(22-25)21(27)24-14-12-23(13-15-24)17-7-3-4-8-17/h2,5-6,9-10,17,22H,3-4,7-8,11-15H2,1H3/p+1. The van der Waals surface area contributed by atoms with Gasteiger partial charge in [0.25, 0.3) is 5.91 Å². The van der Waals surface area contributed by atoms with Gasteiger partial charge in [0.1, 0.15) is 5.70 Å². The van der Waals surface area contributed by atoms with Gasteiger partial charge in [-0.3, -0.25) is 15.0 Å². The van der Waals surface area contributed by atoms with E-state index in [9.17, 15) is 9.59 Å². The number of carbonyl (C=O) groups excluding carboxylic acids is 2. The molecule has 4 rings (SSSR count). The average molecular weight is 369 g/mol. The van der Waals surface area contributed by atoms with Crippen LogP contribution in [0.25, 0.3) is 0 Å². The van der Waals surface area contributed by atoms with Gasteiger partial charge in [-0.15, -0.1) is 0 Å². The van der Waals surface area contributed by atoms with Crippen molar-refractivity contribution in [1.82, 2.24) is 10.3 Å². The highest BCUT2D eigenvalue weighted by molar-refractivity contribution is 6.01. The molecule has 0 bridgehead atoms. The van der Waals surface area contributed by atoms with Gasteiger partial charge in [0.2, 0.25) is 5.91 Å². The molecule has 1 aliphatic carbocycles. The van der Waals surface area contributed by atoms with E-state index < -0.39 is 0 Å². The second-order valence-electron chi connectivity index (χ2n) is 7.88. The van der Waals surface area contributed by atoms with Gasteiger partial charge in [-0.1, -0.05) is 18.2 Å². The maximum Gasteiger partial charge on any atom is 0.271 e. The fraction of sp³-hybridized carbons (Fsp3) is 0.524. The number of nitrogens with zero attached hydrogens (tertiary/aromatic N) is 2. The van der Waals surface area contributed by atoms with Gasteiger partial charge in [-0.25, -0.2) is 5.01 Å². The number of hydrazine groups is 1. The molecule has 3 aliphatic rings. The van der Waals surface area contributed by atoms with E-state index in [1.54, 1.807) is 11.0 Å². The molecule has 1 saturated carbocycles. The van der Waals surface area contributed by atoms with Crippen LogP contribution in [-0.2, 0) is 9.59 Å². The van der Waals surface area contributed by atoms with Crippen LogP contribution in [-0.4, -0.2) is 48.9 Å². The molecule has 2 heterocycles. The number of nitrogens with one attached hydrogen (secondary N) is 2. The summed E-state index contributed by atoms with van der Waals surface area (Å²) in [7, 11) is 0. The second kappa shape index (κ2) is 7.72. The molecule has 2 amide bonds. The fourth-order valence-electron chi connectivity index (χ4n) is 4.56. The van der Waals surface area contributed by atoms with Gasteiger partial charge in [0.15, 0.2) is 0 Å². The molecule has 0 aromatic heterocycles. The quantitative estimate of drug-likeness (QED) is 0.828. The van der Waals surface area contributed by atoms with E-state index >= 15 is 0 Å². The number of rotatable bonds is 3. The van der Waals surface area contributed by atoms with Gasteiger partial charge in [-0.05, 0) is 50.3 Å². The summed E-state index contributed by atoms with van der Waals surface area (Å²) in [6.45, 7) is 5.62. The Balaban J connectivity index is 1.40. The van der Waals surface area contributed by atoms with Crippen molar-refractivity contribution < 1.29 is 14.5 Å². The lowest BCUT2D eigenvalue weighted by atomic mass is 10.1. The number of amides is 2. The number of hydrogen-bond acceptors (Lipinski definition) is 3. The van der Waals surface area contributed by atoms with E-state index in [-0.39, 0.29) is 18.2 Å². The van der Waals surface area contributed by atoms with Crippen LogP contribution < -0.4 is 15.3 Å². The zero-order valence-electron chi connectivity index (χ0n) is 16.0. The zero-order chi connectivity index (χ0) is 18.8. The summed E-state index contributed by atoms with van der Waals surface area (Å²) in [6.07, 6.45) is 7.37. The maximum atomic E-state index is 13.0. The number of para-hydroxylation sites is 1. The minimum absolute atomic E-state index is 0.00607. The van der Waals surface area contributed by atoms with Crippen molar-refractivity contribution in [1.29, 1.82) is 0 Å². The summed E-state index contributed by atoms with van der Waals surface area (Å²) >= 11 is 0. The van der Waals surface area contributed by atoms with Crippen LogP contribution in [0.4, 0.5) is 5.69 Å². The van der Waals surface area contributed by atoms with Crippen molar-refractivity contribution >= 4 is 17.5 Å². The van der Waals surface area contributed by atoms with Crippen LogP contribution >= 0.6 is 0 Å². The minimum Gasteiger partial charge on any atom is -0.330 e. The summed E-state index contributed by atoms with van der Waals surface area (Å²) in [5.74, 6) is -0.0390. The molecule has 6 nitrogen and oxygen atoms in total. The Labute approximate surface area is 160 Å². The van der Waals surface area contributed by atoms with Gasteiger partial charge in [0.05, 0.1) is 37.9 Å². The van der Waals surface area contributed by atoms with E-state index in [0.717, 1.165) is 43.5 Å². The third-order valence-electron chi connectivity index (χ3n) is 6.17. The van der Waals surface area contributed by atoms with Gasteiger partial charge in [0, 0.05) is 6.42 Å². The summed E-state index contributed by atoms with van der Waals surface area (Å²) in [4.78, 5) is 29.0. The van der Waals surface area contributed by atoms with Crippen molar-refractivity contribution in [2.24, 2.45) is 0 Å². The number of aryl methyl sites for hydroxylation is 1. The minimum atomic E-state index is -0.0450. The Hall–Kier alpha value is -2.34. The number of quaternary nitrogens is 1. The number of piperazine rings is 1. The molecule has 2 aliphatic heterocycles. The Morgan fingerprint density at radius 3 is 2.56 bits per heavy atom. The highest BCUT2D eigenvalue weighted by Crippen LogP contribution is 2.22. The van der Waals surface area contributed by atoms with Crippen LogP contribution in [0, 0.1) is 6.92 Å². The monoisotopic (exact) mass is 369 g/mol. The van der Waals surface area contributed by atoms with Crippen LogP contribution in [0.3, 0.4) is 0 Å². The average Bonchev–Trinajstić information content (AvgIpc) is 3.23. The normalized spacial score (nSPS) is 22.0. The molecule has 0 atom stereocenters. The third-order valence-corrected chi connectivity index (χ3v) is 6.17. The Bertz CT molecular complexity index is 746. The van der Waals surface area contributed by atoms with Crippen molar-refractivity contribution in [3.8, 4) is 0 Å². The maximum absolute atomic E-state index is 13.0. The zero-order valence-corrected chi connectivity index (χ0v) is 16.0. The van der Waals surface area contributed by atoms with Crippen molar-refractivity contribution in [3.63, 3.8) is 0 Å². The first kappa shape index (κ1) is 18.0. The summed E-state index contributed by atoms with van der Waals surface area (Å²) in [6, 6.07) is 8.51. The molecule has 1 aromatic carbocycles. The predicted octanol–water partition coefficient (Wildman–Crippen LogP) is 0.790. The lowest BCUT2D eigenvalue weighted by molar-refractivity contribution is -0.928. The van der Waals surface area contributed by atoms with Crippen LogP contribution in [0.15, 0.2) is 36.0 Å². The van der Waals surface area contributed by atoms with Gasteiger partial charge < -0.3 is 9.80 Å². The van der Waals surface area contributed by atoms with Crippen molar-refractivity contribution in [2.45, 2.75) is 45.1 Å². The van der Waals surface area contributed by atoms with Crippen molar-refractivity contribution in [3.05, 3.63) is 41.6 Å². The molecular weight excluding hydrogens is 340 g/mol. The molecule has 0 spiro atoms. The lowest BCUT2D eigenvalue weighted by Crippen LogP contribution is -3.18. The predicted molar refractivity (Wildman–Crippen MR) is 104 cm³/mol. The first-order valence-electron chi connectivity index (χ1n) is 10.1. The van der Waals surface area contributed by atoms with Crippen LogP contribution in [0.1, 0.15) is 37.7 Å². The van der Waals surface area contributed by atoms with E-state index in [1.807, 2.05) is 36.1 Å². The largest absolute Gasteiger partial charge is 0.330 e. The van der Waals surface area contributed by atoms with E-state index in [2.05, 4.69) is 5.43 Å². The molecule has 0 unspecified atom stereocenters. The van der Waals surface area contributed by atoms with Gasteiger partial charge >= 0.3 is 0 Å². The van der Waals surface area contributed by atoms with E-state index in [1.165, 1.54) is 30.7 Å². The molecule has 27 heavy (non-hydrogen) atoms. The number of hydrogen-bond donors (Lipinski definition) is 2. The van der Waals surface area contributed by atoms with E-state index in [0.29, 0.717) is 5.70 Å². The molecule has 2 fully saturated rings. The molecule has 2 N–H and O–H groups in total. The third kappa shape index (κ3) is 3.72. The molecule has 6 heteroatoms. The SMILES string of the molecule is Cc1ccccc1N1NC(C(=O)N2CC[NH+](C3CCCC3)CC2)=CCC1=O. The Kier molecular flexibility index (Phi) is 5.16. The van der Waals surface area contributed by atoms with Crippen molar-refractivity contribution in [2.75, 3.05) is 31.2 Å².